The van der Waals surface area contributed by atoms with Crippen LogP contribution < -0.4 is 5.32 Å². The molecule has 0 radical (unpaired) electrons. The second kappa shape index (κ2) is 8.38. The molecule has 0 aliphatic carbocycles. The van der Waals surface area contributed by atoms with Crippen LogP contribution in [-0.2, 0) is 16.1 Å². The Hall–Kier alpha value is -2.08. The number of aliphatic hydroxyl groups excluding tert-OH is 1. The molecule has 1 aliphatic heterocycles. The smallest absolute Gasteiger partial charge is 0.410 e. The molecule has 6 heteroatoms. The van der Waals surface area contributed by atoms with Crippen molar-refractivity contribution in [3.63, 3.8) is 0 Å². The third-order valence-corrected chi connectivity index (χ3v) is 3.74. The van der Waals surface area contributed by atoms with Crippen LogP contribution in [0.1, 0.15) is 18.4 Å². The van der Waals surface area contributed by atoms with Crippen LogP contribution >= 0.6 is 0 Å². The van der Waals surface area contributed by atoms with E-state index in [2.05, 4.69) is 5.32 Å². The van der Waals surface area contributed by atoms with Gasteiger partial charge in [0.05, 0.1) is 6.61 Å². The number of aliphatic hydroxyl groups is 1. The molecule has 2 N–H and O–H groups in total. The van der Waals surface area contributed by atoms with Crippen LogP contribution in [0.4, 0.5) is 4.79 Å². The largest absolute Gasteiger partial charge is 0.445 e. The summed E-state index contributed by atoms with van der Waals surface area (Å²) < 4.78 is 5.28. The number of carbonyl (C=O) groups excluding carboxylic acids is 2. The summed E-state index contributed by atoms with van der Waals surface area (Å²) >= 11 is 0. The number of hydrogen-bond donors (Lipinski definition) is 2. The van der Waals surface area contributed by atoms with Crippen LogP contribution in [0.25, 0.3) is 0 Å². The van der Waals surface area contributed by atoms with E-state index in [4.69, 9.17) is 9.84 Å². The summed E-state index contributed by atoms with van der Waals surface area (Å²) in [6, 6.07) is 9.53. The predicted molar refractivity (Wildman–Crippen MR) is 81.0 cm³/mol. The maximum atomic E-state index is 12.0. The van der Waals surface area contributed by atoms with Gasteiger partial charge in [0.1, 0.15) is 6.61 Å². The van der Waals surface area contributed by atoms with Crippen molar-refractivity contribution >= 4 is 12.0 Å². The van der Waals surface area contributed by atoms with Crippen molar-refractivity contribution < 1.29 is 19.4 Å². The summed E-state index contributed by atoms with van der Waals surface area (Å²) in [5, 5.41) is 11.4. The monoisotopic (exact) mass is 306 g/mol. The van der Waals surface area contributed by atoms with Gasteiger partial charge in [0.25, 0.3) is 0 Å². The first-order valence-corrected chi connectivity index (χ1v) is 7.55. The van der Waals surface area contributed by atoms with E-state index in [1.807, 2.05) is 30.3 Å². The van der Waals surface area contributed by atoms with Gasteiger partial charge < -0.3 is 20.1 Å². The van der Waals surface area contributed by atoms with Gasteiger partial charge in [-0.3, -0.25) is 4.79 Å². The zero-order valence-electron chi connectivity index (χ0n) is 12.5. The fraction of sp³-hybridized carbons (Fsp3) is 0.500. The molecule has 0 atom stereocenters. The maximum absolute atomic E-state index is 12.0. The number of piperidine rings is 1. The number of ether oxygens (including phenoxy) is 1. The Morgan fingerprint density at radius 1 is 1.23 bits per heavy atom. The van der Waals surface area contributed by atoms with Crippen molar-refractivity contribution in [3.8, 4) is 0 Å². The summed E-state index contributed by atoms with van der Waals surface area (Å²) in [6.07, 6.45) is 0.910. The third-order valence-electron chi connectivity index (χ3n) is 3.74. The van der Waals surface area contributed by atoms with Gasteiger partial charge in [-0.15, -0.1) is 0 Å². The summed E-state index contributed by atoms with van der Waals surface area (Å²) in [6.45, 7) is 1.51. The lowest BCUT2D eigenvalue weighted by atomic mass is 9.96. The lowest BCUT2D eigenvalue weighted by molar-refractivity contribution is -0.126. The van der Waals surface area contributed by atoms with Gasteiger partial charge >= 0.3 is 6.09 Å². The number of benzene rings is 1. The molecule has 0 saturated carbocycles. The second-order valence-corrected chi connectivity index (χ2v) is 5.32. The highest BCUT2D eigenvalue weighted by molar-refractivity contribution is 5.79. The molecule has 1 aliphatic rings. The second-order valence-electron chi connectivity index (χ2n) is 5.32. The first kappa shape index (κ1) is 16.3. The molecule has 1 fully saturated rings. The number of likely N-dealkylation sites (tertiary alicyclic amines) is 1. The van der Waals surface area contributed by atoms with E-state index in [0.29, 0.717) is 25.9 Å². The number of nitrogens with one attached hydrogen (secondary N) is 1. The van der Waals surface area contributed by atoms with E-state index in [1.54, 1.807) is 4.90 Å². The van der Waals surface area contributed by atoms with Crippen LogP contribution in [0.5, 0.6) is 0 Å². The van der Waals surface area contributed by atoms with Crippen molar-refractivity contribution in [2.24, 2.45) is 5.92 Å². The maximum Gasteiger partial charge on any atom is 0.410 e. The number of hydrogen-bond acceptors (Lipinski definition) is 4. The van der Waals surface area contributed by atoms with E-state index in [9.17, 15) is 9.59 Å². The van der Waals surface area contributed by atoms with Crippen LogP contribution in [0.15, 0.2) is 30.3 Å². The highest BCUT2D eigenvalue weighted by Crippen LogP contribution is 2.18. The first-order valence-electron chi connectivity index (χ1n) is 7.55. The van der Waals surface area contributed by atoms with E-state index in [-0.39, 0.29) is 37.7 Å². The molecule has 0 aromatic heterocycles. The van der Waals surface area contributed by atoms with E-state index < -0.39 is 0 Å². The molecule has 22 heavy (non-hydrogen) atoms. The van der Waals surface area contributed by atoms with E-state index in [1.165, 1.54) is 0 Å². The zero-order valence-corrected chi connectivity index (χ0v) is 12.5. The van der Waals surface area contributed by atoms with Gasteiger partial charge in [-0.05, 0) is 18.4 Å². The summed E-state index contributed by atoms with van der Waals surface area (Å²) in [4.78, 5) is 25.4. The molecular weight excluding hydrogens is 284 g/mol. The fourth-order valence-corrected chi connectivity index (χ4v) is 2.46. The number of amides is 2. The molecule has 0 bridgehead atoms. The van der Waals surface area contributed by atoms with Crippen molar-refractivity contribution in [1.29, 1.82) is 0 Å². The topological polar surface area (TPSA) is 78.9 Å². The van der Waals surface area contributed by atoms with Crippen molar-refractivity contribution in [1.82, 2.24) is 10.2 Å². The zero-order chi connectivity index (χ0) is 15.8. The Labute approximate surface area is 130 Å². The van der Waals surface area contributed by atoms with Crippen molar-refractivity contribution in [2.75, 3.05) is 26.2 Å². The molecule has 120 valence electrons. The molecule has 2 amide bonds. The molecule has 0 unspecified atom stereocenters. The van der Waals surface area contributed by atoms with E-state index in [0.717, 1.165) is 5.56 Å². The average molecular weight is 306 g/mol. The van der Waals surface area contributed by atoms with Crippen LogP contribution in [-0.4, -0.2) is 48.2 Å². The van der Waals surface area contributed by atoms with Gasteiger partial charge in [0.15, 0.2) is 0 Å². The van der Waals surface area contributed by atoms with E-state index >= 15 is 0 Å². The Morgan fingerprint density at radius 3 is 2.55 bits per heavy atom. The van der Waals surface area contributed by atoms with Gasteiger partial charge in [-0.1, -0.05) is 30.3 Å². The van der Waals surface area contributed by atoms with Gasteiger partial charge in [-0.25, -0.2) is 4.79 Å². The minimum Gasteiger partial charge on any atom is -0.445 e. The Bertz CT molecular complexity index is 484. The van der Waals surface area contributed by atoms with Crippen LogP contribution in [0.3, 0.4) is 0 Å². The number of carbonyl (C=O) groups is 2. The highest BCUT2D eigenvalue weighted by atomic mass is 16.6. The van der Waals surface area contributed by atoms with Gasteiger partial charge in [0.2, 0.25) is 5.91 Å². The molecule has 1 saturated heterocycles. The lowest BCUT2D eigenvalue weighted by Gasteiger charge is -2.30. The van der Waals surface area contributed by atoms with Gasteiger partial charge in [0, 0.05) is 25.6 Å². The van der Waals surface area contributed by atoms with Crippen molar-refractivity contribution in [3.05, 3.63) is 35.9 Å². The average Bonchev–Trinajstić information content (AvgIpc) is 2.58. The van der Waals surface area contributed by atoms with Crippen LogP contribution in [0, 0.1) is 5.92 Å². The predicted octanol–water partition coefficient (Wildman–Crippen LogP) is 1.14. The molecule has 1 aromatic carbocycles. The number of rotatable bonds is 5. The Kier molecular flexibility index (Phi) is 6.21. The molecule has 6 nitrogen and oxygen atoms in total. The number of nitrogens with zero attached hydrogens (tertiary/aromatic N) is 1. The summed E-state index contributed by atoms with van der Waals surface area (Å²) in [7, 11) is 0. The molecule has 1 aromatic rings. The molecular formula is C16H22N2O4. The summed E-state index contributed by atoms with van der Waals surface area (Å²) in [5.41, 5.74) is 0.953. The minimum atomic E-state index is -0.335. The summed E-state index contributed by atoms with van der Waals surface area (Å²) in [5.74, 6) is -0.143. The fourth-order valence-electron chi connectivity index (χ4n) is 2.46. The standard InChI is InChI=1S/C16H22N2O4/c19-11-8-17-15(20)14-6-9-18(10-7-14)16(21)22-12-13-4-2-1-3-5-13/h1-5,14,19H,6-12H2,(H,17,20). The first-order chi connectivity index (χ1) is 10.7. The molecule has 0 spiro atoms. The Balaban J connectivity index is 1.72. The highest BCUT2D eigenvalue weighted by Gasteiger charge is 2.27. The third kappa shape index (κ3) is 4.73. The lowest BCUT2D eigenvalue weighted by Crippen LogP contribution is -2.43. The van der Waals surface area contributed by atoms with Crippen LogP contribution in [0.2, 0.25) is 0 Å². The normalized spacial score (nSPS) is 15.4. The SMILES string of the molecule is O=C(NCCO)C1CCN(C(=O)OCc2ccccc2)CC1. The van der Waals surface area contributed by atoms with Gasteiger partial charge in [-0.2, -0.15) is 0 Å². The molecule has 1 heterocycles. The Morgan fingerprint density at radius 2 is 1.91 bits per heavy atom. The van der Waals surface area contributed by atoms with Crippen molar-refractivity contribution in [2.45, 2.75) is 19.4 Å². The molecule has 2 rings (SSSR count). The quantitative estimate of drug-likeness (QED) is 0.855. The minimum absolute atomic E-state index is 0.0497.